The van der Waals surface area contributed by atoms with Crippen molar-refractivity contribution in [1.82, 2.24) is 10.3 Å². The summed E-state index contributed by atoms with van der Waals surface area (Å²) in [5, 5.41) is 3.48. The summed E-state index contributed by atoms with van der Waals surface area (Å²) >= 11 is 6.30. The predicted octanol–water partition coefficient (Wildman–Crippen LogP) is 3.88. The van der Waals surface area contributed by atoms with Gasteiger partial charge in [-0.25, -0.2) is 0 Å². The summed E-state index contributed by atoms with van der Waals surface area (Å²) in [5.74, 6) is 0.888. The third kappa shape index (κ3) is 3.93. The second kappa shape index (κ2) is 8.41. The van der Waals surface area contributed by atoms with Crippen molar-refractivity contribution in [2.45, 2.75) is 38.6 Å². The van der Waals surface area contributed by atoms with Crippen molar-refractivity contribution in [1.29, 1.82) is 0 Å². The van der Waals surface area contributed by atoms with Crippen molar-refractivity contribution >= 4 is 17.5 Å². The van der Waals surface area contributed by atoms with Crippen LogP contribution in [-0.2, 0) is 17.8 Å². The van der Waals surface area contributed by atoms with Crippen molar-refractivity contribution < 1.29 is 14.3 Å². The van der Waals surface area contributed by atoms with Gasteiger partial charge in [0.15, 0.2) is 11.5 Å². The number of nitrogens with one attached hydrogen (secondary N) is 1. The Morgan fingerprint density at radius 1 is 1.42 bits per heavy atom. The van der Waals surface area contributed by atoms with Crippen LogP contribution in [0.4, 0.5) is 0 Å². The summed E-state index contributed by atoms with van der Waals surface area (Å²) < 4.78 is 10.9. The number of nitrogens with zero attached hydrogens (tertiary/aromatic N) is 1. The first kappa shape index (κ1) is 18.5. The number of hydrogen-bond acceptors (Lipinski definition) is 4. The minimum atomic E-state index is -0.194. The van der Waals surface area contributed by atoms with Gasteiger partial charge in [0.05, 0.1) is 30.4 Å². The molecule has 2 aromatic rings. The zero-order chi connectivity index (χ0) is 18.5. The molecule has 5 nitrogen and oxygen atoms in total. The molecule has 1 N–H and O–H groups in total. The maximum Gasteiger partial charge on any atom is 0.229 e. The average molecular weight is 375 g/mol. The highest BCUT2D eigenvalue weighted by Crippen LogP contribution is 2.36. The molecule has 1 unspecified atom stereocenters. The zero-order valence-electron chi connectivity index (χ0n) is 15.0. The van der Waals surface area contributed by atoms with Gasteiger partial charge in [-0.1, -0.05) is 17.7 Å². The molecular weight excluding hydrogens is 352 g/mol. The minimum absolute atomic E-state index is 0.00590. The molecule has 0 bridgehead atoms. The van der Waals surface area contributed by atoms with E-state index in [9.17, 15) is 4.79 Å². The summed E-state index contributed by atoms with van der Waals surface area (Å²) in [5.41, 5.74) is 2.93. The summed E-state index contributed by atoms with van der Waals surface area (Å²) in [4.78, 5) is 17.1. The molecule has 1 heterocycles. The van der Waals surface area contributed by atoms with Gasteiger partial charge in [-0.15, -0.1) is 0 Å². The number of hydrogen-bond donors (Lipinski definition) is 1. The first-order valence-electron chi connectivity index (χ1n) is 8.84. The Hall–Kier alpha value is -2.27. The average Bonchev–Trinajstić information content (AvgIpc) is 2.67. The molecule has 1 aromatic heterocycles. The fourth-order valence-electron chi connectivity index (χ4n) is 3.34. The Balaban J connectivity index is 1.72. The molecule has 0 spiro atoms. The highest BCUT2D eigenvalue weighted by Gasteiger charge is 2.27. The summed E-state index contributed by atoms with van der Waals surface area (Å²) in [7, 11) is 1.57. The quantitative estimate of drug-likeness (QED) is 0.833. The fourth-order valence-corrected chi connectivity index (χ4v) is 3.62. The molecule has 138 valence electrons. The lowest BCUT2D eigenvalue weighted by molar-refractivity contribution is -0.123. The molecule has 0 saturated heterocycles. The maximum absolute atomic E-state index is 12.7. The third-order valence-corrected chi connectivity index (χ3v) is 4.84. The van der Waals surface area contributed by atoms with E-state index >= 15 is 0 Å². The summed E-state index contributed by atoms with van der Waals surface area (Å²) in [6, 6.07) is 7.61. The summed E-state index contributed by atoms with van der Waals surface area (Å²) in [6.07, 6.45) is 4.56. The van der Waals surface area contributed by atoms with E-state index in [1.807, 2.05) is 19.1 Å². The third-order valence-electron chi connectivity index (χ3n) is 4.56. The van der Waals surface area contributed by atoms with Gasteiger partial charge in [-0.3, -0.25) is 9.78 Å². The van der Waals surface area contributed by atoms with Crippen LogP contribution in [0.15, 0.2) is 30.5 Å². The van der Waals surface area contributed by atoms with Gasteiger partial charge in [-0.2, -0.15) is 0 Å². The van der Waals surface area contributed by atoms with Gasteiger partial charge >= 0.3 is 0 Å². The van der Waals surface area contributed by atoms with E-state index in [2.05, 4.69) is 16.4 Å². The van der Waals surface area contributed by atoms with Crippen LogP contribution in [0.1, 0.15) is 42.5 Å². The minimum Gasteiger partial charge on any atom is -0.493 e. The van der Waals surface area contributed by atoms with Crippen LogP contribution < -0.4 is 14.8 Å². The second-order valence-electron chi connectivity index (χ2n) is 6.25. The van der Waals surface area contributed by atoms with Gasteiger partial charge in [0.2, 0.25) is 5.91 Å². The number of aromatic nitrogens is 1. The molecule has 1 aromatic carbocycles. The molecular formula is C20H23ClN2O3. The lowest BCUT2D eigenvalue weighted by Crippen LogP contribution is -2.31. The number of benzene rings is 1. The van der Waals surface area contributed by atoms with Gasteiger partial charge in [0.25, 0.3) is 0 Å². The number of halogens is 1. The lowest BCUT2D eigenvalue weighted by atomic mass is 9.86. The summed E-state index contributed by atoms with van der Waals surface area (Å²) in [6.45, 7) is 2.76. The number of carbonyl (C=O) groups is 1. The van der Waals surface area contributed by atoms with E-state index in [1.165, 1.54) is 5.56 Å². The van der Waals surface area contributed by atoms with Crippen molar-refractivity contribution in [2.75, 3.05) is 13.7 Å². The smallest absolute Gasteiger partial charge is 0.229 e. The van der Waals surface area contributed by atoms with Crippen LogP contribution in [0.25, 0.3) is 0 Å². The van der Waals surface area contributed by atoms with Crippen molar-refractivity contribution in [2.24, 2.45) is 0 Å². The molecule has 6 heteroatoms. The molecule has 1 aliphatic carbocycles. The van der Waals surface area contributed by atoms with Crippen molar-refractivity contribution in [3.8, 4) is 11.5 Å². The van der Waals surface area contributed by atoms with E-state index < -0.39 is 0 Å². The normalized spacial score (nSPS) is 15.9. The van der Waals surface area contributed by atoms with Crippen LogP contribution in [0, 0.1) is 0 Å². The Morgan fingerprint density at radius 2 is 2.27 bits per heavy atom. The van der Waals surface area contributed by atoms with Gasteiger partial charge in [-0.05, 0) is 55.5 Å². The number of pyridine rings is 1. The maximum atomic E-state index is 12.7. The van der Waals surface area contributed by atoms with E-state index in [4.69, 9.17) is 21.1 Å². The number of fused-ring (bicyclic) bond motifs is 1. The van der Waals surface area contributed by atoms with E-state index in [1.54, 1.807) is 19.4 Å². The van der Waals surface area contributed by atoms with E-state index in [0.29, 0.717) is 29.7 Å². The molecule has 26 heavy (non-hydrogen) atoms. The second-order valence-corrected chi connectivity index (χ2v) is 6.66. The number of carbonyl (C=O) groups excluding carboxylic acids is 1. The number of amides is 1. The largest absolute Gasteiger partial charge is 0.493 e. The molecule has 1 atom stereocenters. The van der Waals surface area contributed by atoms with Crippen molar-refractivity contribution in [3.63, 3.8) is 0 Å². The van der Waals surface area contributed by atoms with Crippen LogP contribution in [-0.4, -0.2) is 24.6 Å². The van der Waals surface area contributed by atoms with Gasteiger partial charge in [0.1, 0.15) is 0 Å². The number of ether oxygens (including phenoxy) is 2. The molecule has 0 aliphatic heterocycles. The number of aryl methyl sites for hydroxylation is 1. The molecule has 0 radical (unpaired) electrons. The number of methoxy groups -OCH3 is 1. The Labute approximate surface area is 158 Å². The fraction of sp³-hybridized carbons (Fsp3) is 0.400. The molecule has 0 saturated carbocycles. The highest BCUT2D eigenvalue weighted by atomic mass is 35.5. The molecule has 3 rings (SSSR count). The SMILES string of the molecule is CCOc1c(Cl)cc(CNC(=O)C2CCCc3cccnc32)cc1OC. The molecule has 1 amide bonds. The molecule has 0 fully saturated rings. The predicted molar refractivity (Wildman–Crippen MR) is 101 cm³/mol. The molecule has 1 aliphatic rings. The van der Waals surface area contributed by atoms with Gasteiger partial charge < -0.3 is 14.8 Å². The van der Waals surface area contributed by atoms with Crippen LogP contribution in [0.2, 0.25) is 5.02 Å². The van der Waals surface area contributed by atoms with Crippen LogP contribution >= 0.6 is 11.6 Å². The van der Waals surface area contributed by atoms with E-state index in [-0.39, 0.29) is 11.8 Å². The highest BCUT2D eigenvalue weighted by molar-refractivity contribution is 6.32. The first-order chi connectivity index (χ1) is 12.6. The van der Waals surface area contributed by atoms with Crippen LogP contribution in [0.5, 0.6) is 11.5 Å². The Kier molecular flexibility index (Phi) is 5.99. The van der Waals surface area contributed by atoms with Gasteiger partial charge in [0, 0.05) is 12.7 Å². The topological polar surface area (TPSA) is 60.5 Å². The van der Waals surface area contributed by atoms with E-state index in [0.717, 1.165) is 30.5 Å². The van der Waals surface area contributed by atoms with Crippen molar-refractivity contribution in [3.05, 3.63) is 52.3 Å². The monoisotopic (exact) mass is 374 g/mol. The zero-order valence-corrected chi connectivity index (χ0v) is 15.8. The first-order valence-corrected chi connectivity index (χ1v) is 9.22. The number of rotatable bonds is 6. The Morgan fingerprint density at radius 3 is 3.04 bits per heavy atom. The lowest BCUT2D eigenvalue weighted by Gasteiger charge is -2.23. The standard InChI is InChI=1S/C20H23ClN2O3/c1-3-26-19-16(21)10-13(11-17(19)25-2)12-23-20(24)15-8-4-6-14-7-5-9-22-18(14)15/h5,7,9-11,15H,3-4,6,8,12H2,1-2H3,(H,23,24). The van der Waals surface area contributed by atoms with Crippen LogP contribution in [0.3, 0.4) is 0 Å². The Bertz CT molecular complexity index is 795.